The molecule has 1 unspecified atom stereocenters. The van der Waals surface area contributed by atoms with Crippen molar-refractivity contribution in [3.05, 3.63) is 63.2 Å². The molecule has 0 aromatic heterocycles. The van der Waals surface area contributed by atoms with E-state index in [0.29, 0.717) is 11.3 Å². The molecule has 0 radical (unpaired) electrons. The van der Waals surface area contributed by atoms with E-state index in [9.17, 15) is 4.79 Å². The standard InChI is InChI=1S/C21H26INO/c1-5-21(3,4)14-15(2)16-10-7-9-13-19(16)23-20(24)17-11-6-8-12-18(17)22/h6-13,15H,5,14H2,1-4H3,(H,23,24). The molecule has 0 aliphatic carbocycles. The maximum absolute atomic E-state index is 12.6. The second-order valence-corrected chi connectivity index (χ2v) is 8.31. The fraction of sp³-hybridized carbons (Fsp3) is 0.381. The molecule has 2 aromatic rings. The van der Waals surface area contributed by atoms with Gasteiger partial charge in [-0.25, -0.2) is 0 Å². The maximum atomic E-state index is 12.6. The summed E-state index contributed by atoms with van der Waals surface area (Å²) in [5.41, 5.74) is 3.14. The highest BCUT2D eigenvalue weighted by atomic mass is 127. The maximum Gasteiger partial charge on any atom is 0.256 e. The van der Waals surface area contributed by atoms with Crippen LogP contribution in [-0.4, -0.2) is 5.91 Å². The van der Waals surface area contributed by atoms with Crippen molar-refractivity contribution in [2.24, 2.45) is 5.41 Å². The van der Waals surface area contributed by atoms with Crippen LogP contribution in [0.4, 0.5) is 5.69 Å². The first-order chi connectivity index (χ1) is 11.3. The summed E-state index contributed by atoms with van der Waals surface area (Å²) in [7, 11) is 0. The zero-order valence-electron chi connectivity index (χ0n) is 14.9. The number of para-hydroxylation sites is 1. The number of hydrogen-bond donors (Lipinski definition) is 1. The number of anilines is 1. The first-order valence-corrected chi connectivity index (χ1v) is 9.57. The summed E-state index contributed by atoms with van der Waals surface area (Å²) in [5, 5.41) is 3.11. The molecule has 1 amide bonds. The summed E-state index contributed by atoms with van der Waals surface area (Å²) < 4.78 is 0.963. The second-order valence-electron chi connectivity index (χ2n) is 7.14. The molecule has 0 spiro atoms. The summed E-state index contributed by atoms with van der Waals surface area (Å²) >= 11 is 2.20. The van der Waals surface area contributed by atoms with Crippen LogP contribution in [0.25, 0.3) is 0 Å². The van der Waals surface area contributed by atoms with Crippen LogP contribution >= 0.6 is 22.6 Å². The van der Waals surface area contributed by atoms with Crippen molar-refractivity contribution in [2.45, 2.75) is 46.5 Å². The highest BCUT2D eigenvalue weighted by molar-refractivity contribution is 14.1. The van der Waals surface area contributed by atoms with Crippen LogP contribution in [0.5, 0.6) is 0 Å². The number of rotatable bonds is 6. The van der Waals surface area contributed by atoms with E-state index < -0.39 is 0 Å². The summed E-state index contributed by atoms with van der Waals surface area (Å²) in [6.07, 6.45) is 2.24. The SMILES string of the molecule is CCC(C)(C)CC(C)c1ccccc1NC(=O)c1ccccc1I. The minimum atomic E-state index is -0.0469. The van der Waals surface area contributed by atoms with E-state index in [0.717, 1.165) is 27.7 Å². The third-order valence-electron chi connectivity index (χ3n) is 4.67. The molecule has 0 bridgehead atoms. The van der Waals surface area contributed by atoms with Crippen LogP contribution in [0.15, 0.2) is 48.5 Å². The largest absolute Gasteiger partial charge is 0.322 e. The van der Waals surface area contributed by atoms with Crippen molar-refractivity contribution in [1.82, 2.24) is 0 Å². The number of halogens is 1. The highest BCUT2D eigenvalue weighted by Gasteiger charge is 2.22. The quantitative estimate of drug-likeness (QED) is 0.518. The van der Waals surface area contributed by atoms with Crippen LogP contribution in [0, 0.1) is 8.99 Å². The molecule has 0 aliphatic rings. The normalized spacial score (nSPS) is 12.7. The third kappa shape index (κ3) is 4.82. The minimum absolute atomic E-state index is 0.0469. The molecule has 0 fully saturated rings. The van der Waals surface area contributed by atoms with Crippen LogP contribution in [0.3, 0.4) is 0 Å². The van der Waals surface area contributed by atoms with Gasteiger partial charge in [-0.05, 0) is 64.1 Å². The summed E-state index contributed by atoms with van der Waals surface area (Å²) in [4.78, 5) is 12.6. The van der Waals surface area contributed by atoms with Crippen molar-refractivity contribution >= 4 is 34.2 Å². The number of amides is 1. The first kappa shape index (κ1) is 19.0. The molecular weight excluding hydrogens is 409 g/mol. The van der Waals surface area contributed by atoms with Crippen molar-refractivity contribution in [3.8, 4) is 0 Å². The summed E-state index contributed by atoms with van der Waals surface area (Å²) in [5.74, 6) is 0.348. The number of carbonyl (C=O) groups is 1. The predicted octanol–water partition coefficient (Wildman–Crippen LogP) is 6.47. The van der Waals surface area contributed by atoms with Gasteiger partial charge in [0, 0.05) is 9.26 Å². The third-order valence-corrected chi connectivity index (χ3v) is 5.61. The van der Waals surface area contributed by atoms with Crippen molar-refractivity contribution < 1.29 is 4.79 Å². The van der Waals surface area contributed by atoms with Gasteiger partial charge in [-0.1, -0.05) is 64.4 Å². The first-order valence-electron chi connectivity index (χ1n) is 8.49. The molecule has 0 heterocycles. The number of hydrogen-bond acceptors (Lipinski definition) is 1. The van der Waals surface area contributed by atoms with Gasteiger partial charge in [0.25, 0.3) is 5.91 Å². The summed E-state index contributed by atoms with van der Waals surface area (Å²) in [6, 6.07) is 15.8. The lowest BCUT2D eigenvalue weighted by molar-refractivity contribution is 0.102. The molecular formula is C21H26INO. The Kier molecular flexibility index (Phi) is 6.44. The van der Waals surface area contributed by atoms with Gasteiger partial charge >= 0.3 is 0 Å². The molecule has 24 heavy (non-hydrogen) atoms. The lowest BCUT2D eigenvalue weighted by atomic mass is 9.78. The molecule has 2 rings (SSSR count). The Labute approximate surface area is 159 Å². The molecule has 1 atom stereocenters. The van der Waals surface area contributed by atoms with Crippen LogP contribution < -0.4 is 5.32 Å². The fourth-order valence-electron chi connectivity index (χ4n) is 2.96. The van der Waals surface area contributed by atoms with Crippen molar-refractivity contribution in [3.63, 3.8) is 0 Å². The topological polar surface area (TPSA) is 29.1 Å². The van der Waals surface area contributed by atoms with Gasteiger partial charge in [-0.2, -0.15) is 0 Å². The second kappa shape index (κ2) is 8.15. The van der Waals surface area contributed by atoms with E-state index in [1.54, 1.807) is 0 Å². The van der Waals surface area contributed by atoms with Gasteiger partial charge in [-0.15, -0.1) is 0 Å². The molecule has 3 heteroatoms. The number of benzene rings is 2. The highest BCUT2D eigenvalue weighted by Crippen LogP contribution is 2.36. The van der Waals surface area contributed by atoms with Gasteiger partial charge in [0.2, 0.25) is 0 Å². The molecule has 2 aromatic carbocycles. The zero-order chi connectivity index (χ0) is 17.7. The molecule has 0 aliphatic heterocycles. The van der Waals surface area contributed by atoms with Gasteiger partial charge in [-0.3, -0.25) is 4.79 Å². The monoisotopic (exact) mass is 435 g/mol. The lowest BCUT2D eigenvalue weighted by Crippen LogP contribution is -2.17. The fourth-order valence-corrected chi connectivity index (χ4v) is 3.59. The van der Waals surface area contributed by atoms with E-state index in [1.165, 1.54) is 5.56 Å². The van der Waals surface area contributed by atoms with Gasteiger partial charge in [0.05, 0.1) is 5.56 Å². The Morgan fingerprint density at radius 1 is 1.12 bits per heavy atom. The van der Waals surface area contributed by atoms with Crippen LogP contribution in [-0.2, 0) is 0 Å². The predicted molar refractivity (Wildman–Crippen MR) is 111 cm³/mol. The van der Waals surface area contributed by atoms with Gasteiger partial charge in [0.1, 0.15) is 0 Å². The van der Waals surface area contributed by atoms with Crippen molar-refractivity contribution in [2.75, 3.05) is 5.32 Å². The van der Waals surface area contributed by atoms with E-state index in [4.69, 9.17) is 0 Å². The zero-order valence-corrected chi connectivity index (χ0v) is 17.1. The summed E-state index contributed by atoms with van der Waals surface area (Å²) in [6.45, 7) is 9.08. The van der Waals surface area contributed by atoms with E-state index >= 15 is 0 Å². The Balaban J connectivity index is 2.23. The lowest BCUT2D eigenvalue weighted by Gasteiger charge is -2.28. The molecule has 0 saturated heterocycles. The van der Waals surface area contributed by atoms with E-state index in [2.05, 4.69) is 61.7 Å². The van der Waals surface area contributed by atoms with Crippen LogP contribution in [0.2, 0.25) is 0 Å². The van der Waals surface area contributed by atoms with E-state index in [-0.39, 0.29) is 5.91 Å². The van der Waals surface area contributed by atoms with Crippen molar-refractivity contribution in [1.29, 1.82) is 0 Å². The smallest absolute Gasteiger partial charge is 0.256 e. The molecule has 1 N–H and O–H groups in total. The Morgan fingerprint density at radius 2 is 1.75 bits per heavy atom. The number of nitrogens with one attached hydrogen (secondary N) is 1. The number of carbonyl (C=O) groups excluding carboxylic acids is 1. The Hall–Kier alpha value is -1.36. The Bertz CT molecular complexity index is 708. The van der Waals surface area contributed by atoms with Crippen LogP contribution in [0.1, 0.15) is 62.4 Å². The average Bonchev–Trinajstić information content (AvgIpc) is 2.55. The van der Waals surface area contributed by atoms with Gasteiger partial charge < -0.3 is 5.32 Å². The molecule has 2 nitrogen and oxygen atoms in total. The average molecular weight is 435 g/mol. The van der Waals surface area contributed by atoms with Gasteiger partial charge in [0.15, 0.2) is 0 Å². The van der Waals surface area contributed by atoms with E-state index in [1.807, 2.05) is 42.5 Å². The molecule has 128 valence electrons. The Morgan fingerprint density at radius 3 is 2.42 bits per heavy atom. The minimum Gasteiger partial charge on any atom is -0.322 e. The molecule has 0 saturated carbocycles.